The average Bonchev–Trinajstić information content (AvgIpc) is 3.18. The molecular weight excluding hydrogens is 220 g/mol. The Morgan fingerprint density at radius 2 is 1.78 bits per heavy atom. The first kappa shape index (κ1) is 14.3. The summed E-state index contributed by atoms with van der Waals surface area (Å²) in [5.41, 5.74) is 0. The van der Waals surface area contributed by atoms with Crippen molar-refractivity contribution in [3.8, 4) is 0 Å². The van der Waals surface area contributed by atoms with Crippen molar-refractivity contribution >= 4 is 0 Å². The van der Waals surface area contributed by atoms with Crippen LogP contribution >= 0.6 is 0 Å². The van der Waals surface area contributed by atoms with Crippen LogP contribution in [0.2, 0.25) is 0 Å². The second kappa shape index (κ2) is 7.49. The summed E-state index contributed by atoms with van der Waals surface area (Å²) in [7, 11) is 0. The van der Waals surface area contributed by atoms with Gasteiger partial charge in [0.15, 0.2) is 0 Å². The van der Waals surface area contributed by atoms with Crippen LogP contribution in [0.3, 0.4) is 0 Å². The highest BCUT2D eigenvalue weighted by Crippen LogP contribution is 2.30. The van der Waals surface area contributed by atoms with Gasteiger partial charge in [-0.05, 0) is 65.0 Å². The monoisotopic (exact) mass is 252 g/mol. The van der Waals surface area contributed by atoms with Crippen LogP contribution in [0, 0.1) is 5.92 Å². The lowest BCUT2D eigenvalue weighted by Crippen LogP contribution is -2.37. The molecule has 2 nitrogen and oxygen atoms in total. The predicted octanol–water partition coefficient (Wildman–Crippen LogP) is 3.42. The second-order valence-electron chi connectivity index (χ2n) is 6.67. The van der Waals surface area contributed by atoms with Crippen LogP contribution < -0.4 is 5.32 Å². The van der Waals surface area contributed by atoms with Gasteiger partial charge in [0, 0.05) is 18.6 Å². The van der Waals surface area contributed by atoms with E-state index in [4.69, 9.17) is 0 Å². The quantitative estimate of drug-likeness (QED) is 0.666. The van der Waals surface area contributed by atoms with Crippen molar-refractivity contribution < 1.29 is 0 Å². The van der Waals surface area contributed by atoms with E-state index >= 15 is 0 Å². The Morgan fingerprint density at radius 3 is 2.39 bits per heavy atom. The van der Waals surface area contributed by atoms with Crippen LogP contribution in [0.1, 0.15) is 65.2 Å². The van der Waals surface area contributed by atoms with Crippen molar-refractivity contribution in [1.29, 1.82) is 0 Å². The molecule has 0 aromatic carbocycles. The van der Waals surface area contributed by atoms with Crippen LogP contribution in [-0.4, -0.2) is 36.6 Å². The molecule has 1 N–H and O–H groups in total. The van der Waals surface area contributed by atoms with Crippen molar-refractivity contribution in [2.75, 3.05) is 19.6 Å². The highest BCUT2D eigenvalue weighted by Gasteiger charge is 2.25. The van der Waals surface area contributed by atoms with E-state index in [1.807, 2.05) is 0 Å². The number of nitrogens with zero attached hydrogens (tertiary/aromatic N) is 1. The zero-order chi connectivity index (χ0) is 12.8. The molecule has 2 heteroatoms. The fourth-order valence-electron chi connectivity index (χ4n) is 3.09. The normalized spacial score (nSPS) is 22.0. The molecule has 0 aromatic rings. The minimum atomic E-state index is 0.722. The van der Waals surface area contributed by atoms with Crippen molar-refractivity contribution in [1.82, 2.24) is 10.2 Å². The van der Waals surface area contributed by atoms with Crippen molar-refractivity contribution in [2.45, 2.75) is 77.3 Å². The molecule has 2 aliphatic rings. The van der Waals surface area contributed by atoms with Gasteiger partial charge in [0.05, 0.1) is 0 Å². The zero-order valence-corrected chi connectivity index (χ0v) is 12.5. The third-order valence-corrected chi connectivity index (χ3v) is 4.58. The fraction of sp³-hybridized carbons (Fsp3) is 1.00. The van der Waals surface area contributed by atoms with E-state index in [1.165, 1.54) is 71.0 Å². The van der Waals surface area contributed by atoms with E-state index in [2.05, 4.69) is 24.1 Å². The largest absolute Gasteiger partial charge is 0.314 e. The van der Waals surface area contributed by atoms with E-state index in [0.29, 0.717) is 0 Å². The fourth-order valence-corrected chi connectivity index (χ4v) is 3.09. The standard InChI is InChI=1S/C16H32N2/c1-14(2)18(13-15-9-10-15)12-6-11-17-16-7-4-3-5-8-16/h14-17H,3-13H2,1-2H3. The molecule has 0 unspecified atom stereocenters. The van der Waals surface area contributed by atoms with Crippen LogP contribution in [0.25, 0.3) is 0 Å². The van der Waals surface area contributed by atoms with Crippen LogP contribution in [0.5, 0.6) is 0 Å². The maximum atomic E-state index is 3.76. The summed E-state index contributed by atoms with van der Waals surface area (Å²) in [5, 5.41) is 3.76. The molecule has 0 heterocycles. The summed E-state index contributed by atoms with van der Waals surface area (Å²) in [6.45, 7) is 8.54. The summed E-state index contributed by atoms with van der Waals surface area (Å²) in [6.07, 6.45) is 11.4. The molecule has 2 fully saturated rings. The molecule has 2 aliphatic carbocycles. The van der Waals surface area contributed by atoms with Crippen molar-refractivity contribution in [2.24, 2.45) is 5.92 Å². The number of hydrogen-bond acceptors (Lipinski definition) is 2. The summed E-state index contributed by atoms with van der Waals surface area (Å²) in [5.74, 6) is 1.03. The third-order valence-electron chi connectivity index (χ3n) is 4.58. The number of rotatable bonds is 8. The highest BCUT2D eigenvalue weighted by molar-refractivity contribution is 4.79. The molecule has 0 amide bonds. The van der Waals surface area contributed by atoms with Crippen LogP contribution in [-0.2, 0) is 0 Å². The van der Waals surface area contributed by atoms with Gasteiger partial charge in [0.2, 0.25) is 0 Å². The van der Waals surface area contributed by atoms with Gasteiger partial charge in [-0.15, -0.1) is 0 Å². The van der Waals surface area contributed by atoms with E-state index in [1.54, 1.807) is 0 Å². The Bertz CT molecular complexity index is 217. The Hall–Kier alpha value is -0.0800. The Kier molecular flexibility index (Phi) is 5.97. The Balaban J connectivity index is 1.54. The first-order valence-electron chi connectivity index (χ1n) is 8.23. The lowest BCUT2D eigenvalue weighted by molar-refractivity contribution is 0.207. The summed E-state index contributed by atoms with van der Waals surface area (Å²) >= 11 is 0. The second-order valence-corrected chi connectivity index (χ2v) is 6.67. The van der Waals surface area contributed by atoms with Gasteiger partial charge in [-0.3, -0.25) is 0 Å². The van der Waals surface area contributed by atoms with Crippen molar-refractivity contribution in [3.05, 3.63) is 0 Å². The lowest BCUT2D eigenvalue weighted by Gasteiger charge is -2.27. The summed E-state index contributed by atoms with van der Waals surface area (Å²) in [6, 6.07) is 1.55. The van der Waals surface area contributed by atoms with E-state index in [9.17, 15) is 0 Å². The van der Waals surface area contributed by atoms with Crippen LogP contribution in [0.15, 0.2) is 0 Å². The number of nitrogens with one attached hydrogen (secondary N) is 1. The van der Waals surface area contributed by atoms with Gasteiger partial charge in [-0.25, -0.2) is 0 Å². The highest BCUT2D eigenvalue weighted by atomic mass is 15.1. The average molecular weight is 252 g/mol. The third kappa shape index (κ3) is 5.27. The number of hydrogen-bond donors (Lipinski definition) is 1. The van der Waals surface area contributed by atoms with E-state index < -0.39 is 0 Å². The molecule has 2 saturated carbocycles. The molecular formula is C16H32N2. The lowest BCUT2D eigenvalue weighted by atomic mass is 9.95. The molecule has 0 aliphatic heterocycles. The molecule has 106 valence electrons. The summed E-state index contributed by atoms with van der Waals surface area (Å²) < 4.78 is 0. The van der Waals surface area contributed by atoms with Gasteiger partial charge in [0.1, 0.15) is 0 Å². The van der Waals surface area contributed by atoms with Gasteiger partial charge in [-0.2, -0.15) is 0 Å². The van der Waals surface area contributed by atoms with Gasteiger partial charge in [-0.1, -0.05) is 19.3 Å². The first-order valence-corrected chi connectivity index (χ1v) is 8.23. The predicted molar refractivity (Wildman–Crippen MR) is 78.9 cm³/mol. The van der Waals surface area contributed by atoms with Gasteiger partial charge < -0.3 is 10.2 Å². The van der Waals surface area contributed by atoms with Crippen LogP contribution in [0.4, 0.5) is 0 Å². The van der Waals surface area contributed by atoms with E-state index in [-0.39, 0.29) is 0 Å². The molecule has 18 heavy (non-hydrogen) atoms. The first-order chi connectivity index (χ1) is 8.75. The molecule has 2 rings (SSSR count). The summed E-state index contributed by atoms with van der Waals surface area (Å²) in [4.78, 5) is 2.68. The SMILES string of the molecule is CC(C)N(CCCNC1CCCCC1)CC1CC1. The molecule has 0 radical (unpaired) electrons. The Labute approximate surface area is 114 Å². The minimum absolute atomic E-state index is 0.722. The smallest absolute Gasteiger partial charge is 0.00670 e. The topological polar surface area (TPSA) is 15.3 Å². The Morgan fingerprint density at radius 1 is 1.06 bits per heavy atom. The minimum Gasteiger partial charge on any atom is -0.314 e. The molecule has 0 spiro atoms. The van der Waals surface area contributed by atoms with Crippen molar-refractivity contribution in [3.63, 3.8) is 0 Å². The molecule has 0 bridgehead atoms. The molecule has 0 saturated heterocycles. The maximum absolute atomic E-state index is 3.76. The maximum Gasteiger partial charge on any atom is 0.00670 e. The molecule has 0 aromatic heterocycles. The van der Waals surface area contributed by atoms with Gasteiger partial charge >= 0.3 is 0 Å². The zero-order valence-electron chi connectivity index (χ0n) is 12.5. The molecule has 0 atom stereocenters. The van der Waals surface area contributed by atoms with Gasteiger partial charge in [0.25, 0.3) is 0 Å². The van der Waals surface area contributed by atoms with E-state index in [0.717, 1.165) is 18.0 Å².